The van der Waals surface area contributed by atoms with Gasteiger partial charge < -0.3 is 10.6 Å². The summed E-state index contributed by atoms with van der Waals surface area (Å²) in [6.45, 7) is 0.183. The summed E-state index contributed by atoms with van der Waals surface area (Å²) in [6.07, 6.45) is 0. The van der Waals surface area contributed by atoms with E-state index >= 15 is 0 Å². The maximum Gasteiger partial charge on any atom is 0.319 e. The molecule has 6 nitrogen and oxygen atoms in total. The van der Waals surface area contributed by atoms with Gasteiger partial charge in [0.05, 0.1) is 6.54 Å². The van der Waals surface area contributed by atoms with Crippen molar-refractivity contribution in [3.8, 4) is 11.8 Å². The molecule has 0 saturated heterocycles. The molecule has 8 heteroatoms. The zero-order chi connectivity index (χ0) is 18.1. The molecule has 0 saturated carbocycles. The van der Waals surface area contributed by atoms with Gasteiger partial charge in [0, 0.05) is 21.2 Å². The fourth-order valence-electron chi connectivity index (χ4n) is 1.72. The minimum absolute atomic E-state index is 0.183. The van der Waals surface area contributed by atoms with Gasteiger partial charge >= 0.3 is 11.3 Å². The van der Waals surface area contributed by atoms with Crippen LogP contribution >= 0.6 is 23.4 Å². The van der Waals surface area contributed by atoms with Crippen molar-refractivity contribution in [2.24, 2.45) is 0 Å². The highest BCUT2D eigenvalue weighted by atomic mass is 35.5. The van der Waals surface area contributed by atoms with Crippen molar-refractivity contribution in [2.75, 3.05) is 11.9 Å². The van der Waals surface area contributed by atoms with Crippen LogP contribution in [0.2, 0.25) is 5.02 Å². The summed E-state index contributed by atoms with van der Waals surface area (Å²) in [5, 5.41) is 13.8. The SMILES string of the molecule is O=C(NCC#Cc1ccc(SC(=O)NO)cc1)Nc1ccc(Cl)cc1. The molecule has 0 aromatic heterocycles. The van der Waals surface area contributed by atoms with E-state index in [-0.39, 0.29) is 12.6 Å². The lowest BCUT2D eigenvalue weighted by molar-refractivity contribution is 0.180. The number of thioether (sulfide) groups is 1. The largest absolute Gasteiger partial charge is 0.327 e. The minimum atomic E-state index is -0.560. The van der Waals surface area contributed by atoms with E-state index in [1.165, 1.54) is 0 Å². The zero-order valence-corrected chi connectivity index (χ0v) is 14.4. The van der Waals surface area contributed by atoms with Crippen molar-refractivity contribution in [1.29, 1.82) is 0 Å². The van der Waals surface area contributed by atoms with Crippen molar-refractivity contribution < 1.29 is 14.8 Å². The molecule has 3 amide bonds. The van der Waals surface area contributed by atoms with Crippen LogP contribution in [0.25, 0.3) is 0 Å². The molecular formula is C17H14ClN3O3S. The minimum Gasteiger partial charge on any atom is -0.327 e. The van der Waals surface area contributed by atoms with E-state index < -0.39 is 5.24 Å². The molecule has 0 unspecified atom stereocenters. The standard InChI is InChI=1S/C17H14ClN3O3S/c18-13-5-7-14(8-6-13)20-16(22)19-11-1-2-12-3-9-15(10-4-12)25-17(23)21-24/h3-10,24H,11H2,(H,21,23)(H2,19,20,22). The van der Waals surface area contributed by atoms with E-state index in [1.54, 1.807) is 54.0 Å². The summed E-state index contributed by atoms with van der Waals surface area (Å²) in [5.74, 6) is 5.73. The molecule has 0 bridgehead atoms. The lowest BCUT2D eigenvalue weighted by Gasteiger charge is -2.04. The Labute approximate surface area is 153 Å². The quantitative estimate of drug-likeness (QED) is 0.285. The van der Waals surface area contributed by atoms with E-state index in [9.17, 15) is 9.59 Å². The maximum atomic E-state index is 11.7. The monoisotopic (exact) mass is 375 g/mol. The van der Waals surface area contributed by atoms with Crippen LogP contribution in [-0.2, 0) is 0 Å². The molecule has 4 N–H and O–H groups in total. The van der Waals surface area contributed by atoms with E-state index in [0.29, 0.717) is 15.6 Å². The third-order valence-corrected chi connectivity index (χ3v) is 3.86. The molecule has 0 aliphatic rings. The van der Waals surface area contributed by atoms with Gasteiger partial charge in [-0.1, -0.05) is 23.4 Å². The average molecular weight is 376 g/mol. The molecule has 2 aromatic carbocycles. The lowest BCUT2D eigenvalue weighted by Crippen LogP contribution is -2.28. The van der Waals surface area contributed by atoms with Crippen LogP contribution < -0.4 is 16.1 Å². The van der Waals surface area contributed by atoms with Gasteiger partial charge in [-0.15, -0.1) is 0 Å². The third-order valence-electron chi connectivity index (χ3n) is 2.83. The van der Waals surface area contributed by atoms with Crippen LogP contribution in [0.3, 0.4) is 0 Å². The van der Waals surface area contributed by atoms with Gasteiger partial charge in [-0.2, -0.15) is 0 Å². The molecule has 25 heavy (non-hydrogen) atoms. The predicted octanol–water partition coefficient (Wildman–Crippen LogP) is 3.70. The molecule has 0 radical (unpaired) electrons. The van der Waals surface area contributed by atoms with Crippen molar-refractivity contribution in [3.63, 3.8) is 0 Å². The first-order chi connectivity index (χ1) is 12.1. The normalized spacial score (nSPS) is 9.52. The fraction of sp³-hybridized carbons (Fsp3) is 0.0588. The van der Waals surface area contributed by atoms with Gasteiger partial charge in [0.2, 0.25) is 0 Å². The van der Waals surface area contributed by atoms with E-state index in [0.717, 1.165) is 17.3 Å². The first-order valence-corrected chi connectivity index (χ1v) is 8.27. The van der Waals surface area contributed by atoms with Crippen LogP contribution in [0, 0.1) is 11.8 Å². The maximum absolute atomic E-state index is 11.7. The number of rotatable bonds is 3. The van der Waals surface area contributed by atoms with Crippen molar-refractivity contribution in [2.45, 2.75) is 4.90 Å². The number of benzene rings is 2. The number of hydrogen-bond acceptors (Lipinski definition) is 4. The second kappa shape index (κ2) is 9.59. The van der Waals surface area contributed by atoms with Crippen molar-refractivity contribution >= 4 is 40.3 Å². The molecule has 2 aromatic rings. The first kappa shape index (κ1) is 18.7. The Morgan fingerprint density at radius 1 is 1.08 bits per heavy atom. The molecule has 2 rings (SSSR count). The highest BCUT2D eigenvalue weighted by molar-refractivity contribution is 8.13. The molecule has 0 spiro atoms. The number of carbonyl (C=O) groups is 2. The Morgan fingerprint density at radius 2 is 1.76 bits per heavy atom. The van der Waals surface area contributed by atoms with Crippen molar-refractivity contribution in [3.05, 3.63) is 59.1 Å². The average Bonchev–Trinajstić information content (AvgIpc) is 2.62. The molecule has 128 valence electrons. The Kier molecular flexibility index (Phi) is 7.16. The smallest absolute Gasteiger partial charge is 0.319 e. The van der Waals surface area contributed by atoms with E-state index in [4.69, 9.17) is 16.8 Å². The Hall–Kier alpha value is -2.66. The molecular weight excluding hydrogens is 362 g/mol. The van der Waals surface area contributed by atoms with Crippen LogP contribution in [0.1, 0.15) is 5.56 Å². The summed E-state index contributed by atoms with van der Waals surface area (Å²) >= 11 is 6.64. The second-order valence-electron chi connectivity index (χ2n) is 4.64. The number of hydroxylamine groups is 1. The van der Waals surface area contributed by atoms with Crippen LogP contribution in [0.4, 0.5) is 15.3 Å². The van der Waals surface area contributed by atoms with Gasteiger partial charge in [-0.3, -0.25) is 10.0 Å². The third kappa shape index (κ3) is 6.77. The lowest BCUT2D eigenvalue weighted by atomic mass is 10.2. The van der Waals surface area contributed by atoms with Crippen LogP contribution in [0.15, 0.2) is 53.4 Å². The van der Waals surface area contributed by atoms with Gasteiger partial charge in [0.25, 0.3) is 0 Å². The summed E-state index contributed by atoms with van der Waals surface area (Å²) in [5.41, 5.74) is 2.92. The number of amides is 3. The predicted molar refractivity (Wildman–Crippen MR) is 98.0 cm³/mol. The highest BCUT2D eigenvalue weighted by Gasteiger charge is 2.02. The van der Waals surface area contributed by atoms with E-state index in [2.05, 4.69) is 22.5 Å². The molecule has 0 aliphatic carbocycles. The zero-order valence-electron chi connectivity index (χ0n) is 12.9. The molecule has 0 heterocycles. The molecule has 0 fully saturated rings. The van der Waals surface area contributed by atoms with Gasteiger partial charge in [0.15, 0.2) is 0 Å². The number of urea groups is 1. The van der Waals surface area contributed by atoms with Crippen LogP contribution in [0.5, 0.6) is 0 Å². The number of halogens is 1. The van der Waals surface area contributed by atoms with E-state index in [1.807, 2.05) is 0 Å². The van der Waals surface area contributed by atoms with Crippen molar-refractivity contribution in [1.82, 2.24) is 10.8 Å². The summed E-state index contributed by atoms with van der Waals surface area (Å²) in [4.78, 5) is 23.4. The fourth-order valence-corrected chi connectivity index (χ4v) is 2.37. The summed E-state index contributed by atoms with van der Waals surface area (Å²) in [7, 11) is 0. The van der Waals surface area contributed by atoms with Gasteiger partial charge in [-0.25, -0.2) is 10.3 Å². The number of carbonyl (C=O) groups excluding carboxylic acids is 2. The number of nitrogens with one attached hydrogen (secondary N) is 3. The second-order valence-corrected chi connectivity index (χ2v) is 6.12. The van der Waals surface area contributed by atoms with Gasteiger partial charge in [-0.05, 0) is 60.3 Å². The number of hydrogen-bond donors (Lipinski definition) is 4. The van der Waals surface area contributed by atoms with Crippen LogP contribution in [-0.4, -0.2) is 23.0 Å². The van der Waals surface area contributed by atoms with Gasteiger partial charge in [0.1, 0.15) is 0 Å². The first-order valence-electron chi connectivity index (χ1n) is 7.08. The highest BCUT2D eigenvalue weighted by Crippen LogP contribution is 2.18. The topological polar surface area (TPSA) is 90.5 Å². The Balaban J connectivity index is 1.78. The summed E-state index contributed by atoms with van der Waals surface area (Å²) in [6, 6.07) is 13.3. The number of anilines is 1. The molecule has 0 atom stereocenters. The Bertz CT molecular complexity index is 799. The summed E-state index contributed by atoms with van der Waals surface area (Å²) < 4.78 is 0. The Morgan fingerprint density at radius 3 is 2.40 bits per heavy atom. The molecule has 0 aliphatic heterocycles.